The summed E-state index contributed by atoms with van der Waals surface area (Å²) in [6.07, 6.45) is 3.31. The van der Waals surface area contributed by atoms with Gasteiger partial charge in [-0.25, -0.2) is 22.7 Å². The van der Waals surface area contributed by atoms with E-state index in [1.807, 2.05) is 13.0 Å². The predicted octanol–water partition coefficient (Wildman–Crippen LogP) is 3.07. The van der Waals surface area contributed by atoms with Crippen molar-refractivity contribution < 1.29 is 13.2 Å². The Balaban J connectivity index is 1.83. The smallest absolute Gasteiger partial charge is 0.182 e. The van der Waals surface area contributed by atoms with Gasteiger partial charge in [0.2, 0.25) is 0 Å². The Hall–Kier alpha value is -2.57. The van der Waals surface area contributed by atoms with Crippen LogP contribution in [-0.4, -0.2) is 14.6 Å². The van der Waals surface area contributed by atoms with Crippen LogP contribution < -0.4 is 5.32 Å². The number of rotatable bonds is 3. The van der Waals surface area contributed by atoms with Crippen LogP contribution in [0.3, 0.4) is 0 Å². The van der Waals surface area contributed by atoms with Gasteiger partial charge in [0.15, 0.2) is 17.3 Å². The zero-order valence-corrected chi connectivity index (χ0v) is 11.1. The quantitative estimate of drug-likeness (QED) is 0.754. The Bertz CT molecular complexity index is 813. The molecular weight excluding hydrogens is 281 g/mol. The third kappa shape index (κ3) is 2.67. The monoisotopic (exact) mass is 292 g/mol. The lowest BCUT2D eigenvalue weighted by Gasteiger charge is -2.08. The fraction of sp³-hybridized carbons (Fsp3) is 0.143. The summed E-state index contributed by atoms with van der Waals surface area (Å²) in [5.74, 6) is -3.18. The molecule has 0 saturated heterocycles. The van der Waals surface area contributed by atoms with Gasteiger partial charge in [0.25, 0.3) is 0 Å². The first kappa shape index (κ1) is 13.4. The van der Waals surface area contributed by atoms with Gasteiger partial charge < -0.3 is 5.32 Å². The summed E-state index contributed by atoms with van der Waals surface area (Å²) < 4.78 is 41.3. The molecule has 0 aliphatic rings. The van der Waals surface area contributed by atoms with E-state index in [4.69, 9.17) is 0 Å². The molecule has 2 aromatic heterocycles. The topological polar surface area (TPSA) is 42.2 Å². The van der Waals surface area contributed by atoms with Crippen LogP contribution >= 0.6 is 0 Å². The Kier molecular flexibility index (Phi) is 3.25. The molecule has 2 heterocycles. The van der Waals surface area contributed by atoms with Crippen molar-refractivity contribution in [2.45, 2.75) is 13.5 Å². The Morgan fingerprint density at radius 2 is 2.00 bits per heavy atom. The second-order valence-electron chi connectivity index (χ2n) is 4.65. The maximum atomic E-state index is 13.5. The van der Waals surface area contributed by atoms with Gasteiger partial charge in [0.1, 0.15) is 5.82 Å². The molecule has 4 nitrogen and oxygen atoms in total. The number of hydrogen-bond donors (Lipinski definition) is 1. The molecule has 3 rings (SSSR count). The number of hydrogen-bond acceptors (Lipinski definition) is 3. The number of fused-ring (bicyclic) bond motifs is 1. The van der Waals surface area contributed by atoms with E-state index in [1.165, 1.54) is 0 Å². The van der Waals surface area contributed by atoms with Crippen molar-refractivity contribution in [3.63, 3.8) is 0 Å². The molecule has 0 fully saturated rings. The van der Waals surface area contributed by atoms with Crippen LogP contribution in [0.5, 0.6) is 0 Å². The molecule has 7 heteroatoms. The number of aromatic nitrogens is 3. The highest BCUT2D eigenvalue weighted by Gasteiger charge is 2.11. The Morgan fingerprint density at radius 3 is 2.81 bits per heavy atom. The fourth-order valence-corrected chi connectivity index (χ4v) is 2.01. The Labute approximate surface area is 118 Å². The van der Waals surface area contributed by atoms with E-state index >= 15 is 0 Å². The van der Waals surface area contributed by atoms with E-state index in [9.17, 15) is 13.2 Å². The summed E-state index contributed by atoms with van der Waals surface area (Å²) in [6, 6.07) is 3.22. The molecule has 21 heavy (non-hydrogen) atoms. The third-order valence-corrected chi connectivity index (χ3v) is 2.96. The van der Waals surface area contributed by atoms with Crippen molar-refractivity contribution >= 4 is 11.3 Å². The van der Waals surface area contributed by atoms with Gasteiger partial charge in [-0.2, -0.15) is 5.10 Å². The van der Waals surface area contributed by atoms with E-state index in [-0.39, 0.29) is 12.2 Å². The molecular formula is C14H11F3N4. The molecule has 0 spiro atoms. The lowest BCUT2D eigenvalue weighted by molar-refractivity contribution is 0.497. The summed E-state index contributed by atoms with van der Waals surface area (Å²) >= 11 is 0. The van der Waals surface area contributed by atoms with E-state index in [0.29, 0.717) is 17.3 Å². The first-order valence-corrected chi connectivity index (χ1v) is 6.22. The highest BCUT2D eigenvalue weighted by Crippen LogP contribution is 2.19. The summed E-state index contributed by atoms with van der Waals surface area (Å²) in [4.78, 5) is 4.19. The molecule has 0 aliphatic heterocycles. The minimum absolute atomic E-state index is 0.168. The van der Waals surface area contributed by atoms with E-state index in [0.717, 1.165) is 11.8 Å². The van der Waals surface area contributed by atoms with E-state index in [2.05, 4.69) is 15.4 Å². The van der Waals surface area contributed by atoms with Crippen molar-refractivity contribution in [3.8, 4) is 0 Å². The van der Waals surface area contributed by atoms with Crippen LogP contribution in [0.4, 0.5) is 18.9 Å². The van der Waals surface area contributed by atoms with Crippen molar-refractivity contribution in [1.29, 1.82) is 0 Å². The number of aryl methyl sites for hydroxylation is 1. The first-order valence-electron chi connectivity index (χ1n) is 6.22. The van der Waals surface area contributed by atoms with Gasteiger partial charge in [0.05, 0.1) is 11.4 Å². The van der Waals surface area contributed by atoms with Crippen molar-refractivity contribution in [2.75, 3.05) is 5.32 Å². The molecule has 0 unspecified atom stereocenters. The van der Waals surface area contributed by atoms with Crippen LogP contribution in [-0.2, 0) is 6.54 Å². The van der Waals surface area contributed by atoms with Crippen molar-refractivity contribution in [1.82, 2.24) is 14.6 Å². The van der Waals surface area contributed by atoms with Gasteiger partial charge in [-0.15, -0.1) is 0 Å². The molecule has 0 amide bonds. The number of benzene rings is 1. The summed E-state index contributed by atoms with van der Waals surface area (Å²) in [6.45, 7) is 2.01. The normalized spacial score (nSPS) is 11.0. The lowest BCUT2D eigenvalue weighted by atomic mass is 10.2. The molecule has 108 valence electrons. The molecule has 0 atom stereocenters. The number of nitrogens with one attached hydrogen (secondary N) is 1. The van der Waals surface area contributed by atoms with Crippen LogP contribution in [0.2, 0.25) is 0 Å². The van der Waals surface area contributed by atoms with Crippen LogP contribution in [0.15, 0.2) is 30.6 Å². The van der Waals surface area contributed by atoms with Crippen molar-refractivity contribution in [3.05, 3.63) is 59.3 Å². The number of halogens is 3. The summed E-state index contributed by atoms with van der Waals surface area (Å²) in [7, 11) is 0. The predicted molar refractivity (Wildman–Crippen MR) is 71.4 cm³/mol. The number of nitrogens with zero attached hydrogens (tertiary/aromatic N) is 3. The van der Waals surface area contributed by atoms with Gasteiger partial charge in [-0.3, -0.25) is 0 Å². The first-order chi connectivity index (χ1) is 10.0. The van der Waals surface area contributed by atoms with Gasteiger partial charge in [0, 0.05) is 42.7 Å². The standard InChI is InChI=1S/C14H11F3N4/c1-8-2-13-19-6-9(7-21(13)20-8)5-18-12-4-10(15)3-11(16)14(12)17/h2-4,6-7,18H,5H2,1H3. The molecule has 0 bridgehead atoms. The van der Waals surface area contributed by atoms with Crippen LogP contribution in [0, 0.1) is 24.4 Å². The Morgan fingerprint density at radius 1 is 1.19 bits per heavy atom. The van der Waals surface area contributed by atoms with Gasteiger partial charge >= 0.3 is 0 Å². The number of anilines is 1. The maximum Gasteiger partial charge on any atom is 0.182 e. The highest BCUT2D eigenvalue weighted by molar-refractivity contribution is 5.46. The molecule has 1 aromatic carbocycles. The average Bonchev–Trinajstić information content (AvgIpc) is 2.80. The lowest BCUT2D eigenvalue weighted by Crippen LogP contribution is -2.05. The fourth-order valence-electron chi connectivity index (χ4n) is 2.01. The van der Waals surface area contributed by atoms with Gasteiger partial charge in [-0.05, 0) is 6.92 Å². The third-order valence-electron chi connectivity index (χ3n) is 2.96. The summed E-state index contributed by atoms with van der Waals surface area (Å²) in [5, 5.41) is 6.85. The molecule has 0 aliphatic carbocycles. The second kappa shape index (κ2) is 5.08. The second-order valence-corrected chi connectivity index (χ2v) is 4.65. The van der Waals surface area contributed by atoms with Gasteiger partial charge in [-0.1, -0.05) is 0 Å². The average molecular weight is 292 g/mol. The molecule has 3 aromatic rings. The molecule has 0 radical (unpaired) electrons. The summed E-state index contributed by atoms with van der Waals surface area (Å²) in [5.41, 5.74) is 1.99. The van der Waals surface area contributed by atoms with Crippen LogP contribution in [0.25, 0.3) is 5.65 Å². The highest BCUT2D eigenvalue weighted by atomic mass is 19.2. The largest absolute Gasteiger partial charge is 0.378 e. The molecule has 0 saturated carbocycles. The van der Waals surface area contributed by atoms with E-state index in [1.54, 1.807) is 16.9 Å². The minimum Gasteiger partial charge on any atom is -0.378 e. The van der Waals surface area contributed by atoms with Crippen LogP contribution in [0.1, 0.15) is 11.3 Å². The van der Waals surface area contributed by atoms with E-state index < -0.39 is 17.5 Å². The maximum absolute atomic E-state index is 13.5. The minimum atomic E-state index is -1.23. The SMILES string of the molecule is Cc1cc2ncc(CNc3cc(F)cc(F)c3F)cn2n1. The zero-order chi connectivity index (χ0) is 15.0. The zero-order valence-electron chi connectivity index (χ0n) is 11.1. The molecule has 1 N–H and O–H groups in total. The van der Waals surface area contributed by atoms with Crippen molar-refractivity contribution in [2.24, 2.45) is 0 Å².